The summed E-state index contributed by atoms with van der Waals surface area (Å²) in [6, 6.07) is 17.1. The Hall–Kier alpha value is -3.81. The number of aryl methyl sites for hydroxylation is 1. The van der Waals surface area contributed by atoms with E-state index >= 15 is 0 Å². The number of rotatable bonds is 5. The topological polar surface area (TPSA) is 107 Å². The molecule has 3 N–H and O–H groups in total. The number of aromatic nitrogens is 1. The zero-order chi connectivity index (χ0) is 23.3. The predicted octanol–water partition coefficient (Wildman–Crippen LogP) is 2.13. The van der Waals surface area contributed by atoms with Gasteiger partial charge in [-0.25, -0.2) is 0 Å². The molecule has 2 aliphatic heterocycles. The van der Waals surface area contributed by atoms with Crippen molar-refractivity contribution in [3.63, 3.8) is 0 Å². The van der Waals surface area contributed by atoms with Crippen LogP contribution in [0.2, 0.25) is 0 Å². The summed E-state index contributed by atoms with van der Waals surface area (Å²) < 4.78 is 8.08. The maximum Gasteiger partial charge on any atom is 0.267 e. The fourth-order valence-electron chi connectivity index (χ4n) is 5.26. The van der Waals surface area contributed by atoms with Gasteiger partial charge in [0.25, 0.3) is 5.91 Å². The van der Waals surface area contributed by atoms with Crippen molar-refractivity contribution in [3.8, 4) is 5.75 Å². The summed E-state index contributed by atoms with van der Waals surface area (Å²) in [7, 11) is 1.84. The van der Waals surface area contributed by atoms with Crippen LogP contribution in [0.4, 0.5) is 0 Å². The first-order chi connectivity index (χ1) is 15.8. The Kier molecular flexibility index (Phi) is 4.88. The first kappa shape index (κ1) is 21.1. The Labute approximate surface area is 191 Å². The summed E-state index contributed by atoms with van der Waals surface area (Å²) >= 11 is 0. The van der Waals surface area contributed by atoms with Crippen LogP contribution in [-0.2, 0) is 16.6 Å². The van der Waals surface area contributed by atoms with E-state index in [1.165, 1.54) is 4.90 Å². The number of piperidine rings is 1. The molecule has 1 saturated heterocycles. The molecule has 0 spiro atoms. The van der Waals surface area contributed by atoms with Gasteiger partial charge in [-0.05, 0) is 30.7 Å². The third-order valence-corrected chi connectivity index (χ3v) is 6.86. The van der Waals surface area contributed by atoms with Crippen LogP contribution in [0, 0.1) is 5.92 Å². The molecule has 2 aliphatic rings. The summed E-state index contributed by atoms with van der Waals surface area (Å²) in [5.74, 6) is -1.88. The summed E-state index contributed by atoms with van der Waals surface area (Å²) in [6.45, 7) is 2.25. The highest BCUT2D eigenvalue weighted by molar-refractivity contribution is 6.02. The number of amides is 3. The number of carbonyl (C=O) groups is 3. The van der Waals surface area contributed by atoms with Crippen molar-refractivity contribution in [2.75, 3.05) is 13.1 Å². The minimum absolute atomic E-state index is 0.198. The molecule has 2 bridgehead atoms. The van der Waals surface area contributed by atoms with Crippen molar-refractivity contribution in [1.29, 1.82) is 0 Å². The van der Waals surface area contributed by atoms with Gasteiger partial charge in [-0.1, -0.05) is 36.4 Å². The normalized spacial score (nSPS) is 23.7. The van der Waals surface area contributed by atoms with Crippen LogP contribution in [0.15, 0.2) is 54.6 Å². The van der Waals surface area contributed by atoms with Crippen LogP contribution < -0.4 is 15.8 Å². The molecule has 33 heavy (non-hydrogen) atoms. The van der Waals surface area contributed by atoms with E-state index in [0.717, 1.165) is 16.5 Å². The van der Waals surface area contributed by atoms with Crippen molar-refractivity contribution < 1.29 is 19.1 Å². The molecule has 0 radical (unpaired) electrons. The molecule has 2 aromatic carbocycles. The number of nitrogens with two attached hydrogens (primary N) is 1. The van der Waals surface area contributed by atoms with Crippen molar-refractivity contribution in [3.05, 3.63) is 65.9 Å². The smallest absolute Gasteiger partial charge is 0.267 e. The highest BCUT2D eigenvalue weighted by Crippen LogP contribution is 2.49. The number of fused-ring (bicyclic) bond motifs is 5. The van der Waals surface area contributed by atoms with E-state index in [0.29, 0.717) is 17.9 Å². The SMILES string of the molecule is Cn1c(C(=O)NCCN2C(=O)[C@@H](C(N)=O)[C@H]3C[C@@]2(C)Oc2ccccc23)cc2ccccc21. The molecule has 5 rings (SSSR count). The Morgan fingerprint density at radius 1 is 1.18 bits per heavy atom. The monoisotopic (exact) mass is 446 g/mol. The van der Waals surface area contributed by atoms with E-state index < -0.39 is 17.6 Å². The minimum atomic E-state index is -0.961. The van der Waals surface area contributed by atoms with Crippen LogP contribution in [0.5, 0.6) is 5.75 Å². The van der Waals surface area contributed by atoms with E-state index in [4.69, 9.17) is 10.5 Å². The molecule has 0 aliphatic carbocycles. The second-order valence-electron chi connectivity index (χ2n) is 8.90. The lowest BCUT2D eigenvalue weighted by Gasteiger charge is -2.52. The highest BCUT2D eigenvalue weighted by Gasteiger charge is 2.55. The third-order valence-electron chi connectivity index (χ3n) is 6.86. The number of likely N-dealkylation sites (tertiary alicyclic amines) is 1. The van der Waals surface area contributed by atoms with Gasteiger partial charge in [0.1, 0.15) is 17.4 Å². The Morgan fingerprint density at radius 3 is 2.67 bits per heavy atom. The maximum atomic E-state index is 13.3. The van der Waals surface area contributed by atoms with Crippen molar-refractivity contribution in [1.82, 2.24) is 14.8 Å². The lowest BCUT2D eigenvalue weighted by atomic mass is 9.73. The fourth-order valence-corrected chi connectivity index (χ4v) is 5.26. The summed E-state index contributed by atoms with van der Waals surface area (Å²) in [4.78, 5) is 40.0. The van der Waals surface area contributed by atoms with E-state index in [-0.39, 0.29) is 30.8 Å². The number of carbonyl (C=O) groups excluding carboxylic acids is 3. The summed E-state index contributed by atoms with van der Waals surface area (Å²) in [5, 5.41) is 3.88. The molecule has 170 valence electrons. The molecule has 3 heterocycles. The maximum absolute atomic E-state index is 13.3. The fraction of sp³-hybridized carbons (Fsp3) is 0.320. The van der Waals surface area contributed by atoms with Gasteiger partial charge in [-0.2, -0.15) is 0 Å². The average molecular weight is 447 g/mol. The number of primary amides is 1. The first-order valence-electron chi connectivity index (χ1n) is 11.0. The average Bonchev–Trinajstić information content (AvgIpc) is 3.12. The minimum Gasteiger partial charge on any atom is -0.468 e. The van der Waals surface area contributed by atoms with E-state index in [1.807, 2.05) is 73.1 Å². The molecule has 3 atom stereocenters. The van der Waals surface area contributed by atoms with Crippen LogP contribution in [0.25, 0.3) is 10.9 Å². The predicted molar refractivity (Wildman–Crippen MR) is 122 cm³/mol. The Morgan fingerprint density at radius 2 is 1.91 bits per heavy atom. The number of nitrogens with zero attached hydrogens (tertiary/aromatic N) is 2. The summed E-state index contributed by atoms with van der Waals surface area (Å²) in [6.07, 6.45) is 0.459. The van der Waals surface area contributed by atoms with E-state index in [1.54, 1.807) is 0 Å². The van der Waals surface area contributed by atoms with Gasteiger partial charge in [-0.3, -0.25) is 14.4 Å². The molecule has 8 nitrogen and oxygen atoms in total. The number of benzene rings is 2. The van der Waals surface area contributed by atoms with Gasteiger partial charge in [0, 0.05) is 43.4 Å². The lowest BCUT2D eigenvalue weighted by Crippen LogP contribution is -2.65. The Bertz CT molecular complexity index is 1280. The van der Waals surface area contributed by atoms with Gasteiger partial charge >= 0.3 is 0 Å². The zero-order valence-corrected chi connectivity index (χ0v) is 18.6. The van der Waals surface area contributed by atoms with Gasteiger partial charge < -0.3 is 25.3 Å². The largest absolute Gasteiger partial charge is 0.468 e. The molecule has 3 aromatic rings. The van der Waals surface area contributed by atoms with Crippen molar-refractivity contribution >= 4 is 28.6 Å². The molecule has 8 heteroatoms. The second-order valence-corrected chi connectivity index (χ2v) is 8.90. The summed E-state index contributed by atoms with van der Waals surface area (Å²) in [5.41, 5.74) is 7.06. The molecular weight excluding hydrogens is 420 g/mol. The number of hydrogen-bond acceptors (Lipinski definition) is 4. The molecule has 0 saturated carbocycles. The molecule has 3 amide bonds. The number of nitrogens with one attached hydrogen (secondary N) is 1. The number of hydrogen-bond donors (Lipinski definition) is 2. The lowest BCUT2D eigenvalue weighted by molar-refractivity contribution is -0.175. The number of ether oxygens (including phenoxy) is 1. The van der Waals surface area contributed by atoms with Crippen LogP contribution in [-0.4, -0.2) is 46.0 Å². The Balaban J connectivity index is 1.36. The molecule has 1 fully saturated rings. The second kappa shape index (κ2) is 7.65. The first-order valence-corrected chi connectivity index (χ1v) is 11.0. The zero-order valence-electron chi connectivity index (χ0n) is 18.6. The van der Waals surface area contributed by atoms with E-state index in [9.17, 15) is 14.4 Å². The number of para-hydroxylation sites is 2. The van der Waals surface area contributed by atoms with E-state index in [2.05, 4.69) is 5.32 Å². The molecule has 1 aromatic heterocycles. The van der Waals surface area contributed by atoms with Crippen LogP contribution in [0.1, 0.15) is 35.3 Å². The van der Waals surface area contributed by atoms with Crippen LogP contribution >= 0.6 is 0 Å². The van der Waals surface area contributed by atoms with Crippen molar-refractivity contribution in [2.45, 2.75) is 25.0 Å². The van der Waals surface area contributed by atoms with Gasteiger partial charge in [0.05, 0.1) is 0 Å². The van der Waals surface area contributed by atoms with Crippen LogP contribution in [0.3, 0.4) is 0 Å². The highest BCUT2D eigenvalue weighted by atomic mass is 16.5. The molecule has 0 unspecified atom stereocenters. The quantitative estimate of drug-likeness (QED) is 0.586. The van der Waals surface area contributed by atoms with Gasteiger partial charge in [0.2, 0.25) is 11.8 Å². The molecular formula is C25H26N4O4. The third kappa shape index (κ3) is 3.33. The van der Waals surface area contributed by atoms with Crippen molar-refractivity contribution in [2.24, 2.45) is 18.7 Å². The standard InChI is InChI=1S/C25H26N4O4/c1-25-14-17(16-8-4-6-10-20(16)33-25)21(22(26)30)24(32)29(25)12-11-27-23(31)19-13-15-7-3-5-9-18(15)28(19)2/h3-10,13,17,21H,11-12,14H2,1-2H3,(H2,26,30)(H,27,31)/t17-,21+,25+/m0/s1. The van der Waals surface area contributed by atoms with Gasteiger partial charge in [0.15, 0.2) is 5.72 Å². The van der Waals surface area contributed by atoms with Gasteiger partial charge in [-0.15, -0.1) is 0 Å².